The molecule has 84 valence electrons. The molecule has 4 heteroatoms. The zero-order valence-corrected chi connectivity index (χ0v) is 9.93. The third-order valence-corrected chi connectivity index (χ3v) is 1.92. The van der Waals surface area contributed by atoms with Gasteiger partial charge in [0.05, 0.1) is 11.0 Å². The molecule has 0 aromatic rings. The van der Waals surface area contributed by atoms with Crippen molar-refractivity contribution in [1.82, 2.24) is 5.64 Å². The average molecular weight is 203 g/mol. The minimum Gasteiger partial charge on any atom is -0.345 e. The van der Waals surface area contributed by atoms with Crippen molar-refractivity contribution in [3.8, 4) is 0 Å². The van der Waals surface area contributed by atoms with Crippen molar-refractivity contribution in [2.24, 2.45) is 5.41 Å². The van der Waals surface area contributed by atoms with Crippen molar-refractivity contribution in [3.05, 3.63) is 0 Å². The van der Waals surface area contributed by atoms with Crippen LogP contribution in [-0.4, -0.2) is 11.6 Å². The van der Waals surface area contributed by atoms with Crippen LogP contribution in [0.5, 0.6) is 0 Å². The Morgan fingerprint density at radius 3 is 2.07 bits per heavy atom. The van der Waals surface area contributed by atoms with E-state index in [4.69, 9.17) is 9.68 Å². The SMILES string of the molecule is CCC(C)(C)C(=O)ONOC(C)(C)C. The maximum atomic E-state index is 11.4. The van der Waals surface area contributed by atoms with Crippen molar-refractivity contribution in [2.45, 2.75) is 53.6 Å². The smallest absolute Gasteiger partial charge is 0.333 e. The van der Waals surface area contributed by atoms with Gasteiger partial charge in [-0.05, 0) is 46.7 Å². The first kappa shape index (κ1) is 13.4. The zero-order valence-electron chi connectivity index (χ0n) is 9.93. The van der Waals surface area contributed by atoms with E-state index < -0.39 is 5.41 Å². The van der Waals surface area contributed by atoms with Crippen LogP contribution in [0.1, 0.15) is 48.0 Å². The molecule has 0 saturated heterocycles. The first-order valence-corrected chi connectivity index (χ1v) is 4.83. The summed E-state index contributed by atoms with van der Waals surface area (Å²) < 4.78 is 0. The van der Waals surface area contributed by atoms with Crippen molar-refractivity contribution in [1.29, 1.82) is 0 Å². The molecular formula is C10H21NO3. The molecule has 0 radical (unpaired) electrons. The minimum atomic E-state index is -0.478. The molecule has 0 bridgehead atoms. The predicted octanol–water partition coefficient (Wildman–Crippen LogP) is 2.20. The summed E-state index contributed by atoms with van der Waals surface area (Å²) in [7, 11) is 0. The van der Waals surface area contributed by atoms with Gasteiger partial charge < -0.3 is 4.84 Å². The number of hydrogen-bond acceptors (Lipinski definition) is 4. The molecule has 4 nitrogen and oxygen atoms in total. The lowest BCUT2D eigenvalue weighted by molar-refractivity contribution is -0.228. The molecule has 0 aromatic carbocycles. The van der Waals surface area contributed by atoms with Crippen LogP contribution in [-0.2, 0) is 14.5 Å². The van der Waals surface area contributed by atoms with E-state index in [9.17, 15) is 4.79 Å². The fraction of sp³-hybridized carbons (Fsp3) is 0.900. The summed E-state index contributed by atoms with van der Waals surface area (Å²) in [5.41, 5.74) is 1.36. The normalized spacial score (nSPS) is 12.7. The van der Waals surface area contributed by atoms with Gasteiger partial charge in [-0.25, -0.2) is 4.79 Å². The monoisotopic (exact) mass is 203 g/mol. The summed E-state index contributed by atoms with van der Waals surface area (Å²) in [6.45, 7) is 11.2. The standard InChI is InChI=1S/C10H21NO3/c1-7-10(5,6)8(12)13-11-14-9(2,3)4/h11H,7H2,1-6H3. The van der Waals surface area contributed by atoms with E-state index in [1.54, 1.807) is 0 Å². The molecule has 0 rings (SSSR count). The Morgan fingerprint density at radius 1 is 1.21 bits per heavy atom. The summed E-state index contributed by atoms with van der Waals surface area (Å²) in [5.74, 6) is -0.316. The van der Waals surface area contributed by atoms with E-state index in [2.05, 4.69) is 5.64 Å². The summed E-state index contributed by atoms with van der Waals surface area (Å²) >= 11 is 0. The highest BCUT2D eigenvalue weighted by molar-refractivity contribution is 5.75. The molecular weight excluding hydrogens is 182 g/mol. The van der Waals surface area contributed by atoms with E-state index >= 15 is 0 Å². The molecule has 0 amide bonds. The third kappa shape index (κ3) is 5.19. The second kappa shape index (κ2) is 4.75. The van der Waals surface area contributed by atoms with E-state index in [-0.39, 0.29) is 11.6 Å². The predicted molar refractivity (Wildman–Crippen MR) is 54.1 cm³/mol. The fourth-order valence-corrected chi connectivity index (χ4v) is 0.466. The minimum absolute atomic E-state index is 0.316. The quantitative estimate of drug-likeness (QED) is 0.711. The van der Waals surface area contributed by atoms with Gasteiger partial charge in [-0.1, -0.05) is 6.92 Å². The maximum Gasteiger partial charge on any atom is 0.333 e. The third-order valence-electron chi connectivity index (χ3n) is 1.92. The molecule has 0 aromatic heterocycles. The number of carbonyl (C=O) groups excluding carboxylic acids is 1. The van der Waals surface area contributed by atoms with Gasteiger partial charge in [0.25, 0.3) is 0 Å². The van der Waals surface area contributed by atoms with Crippen LogP contribution in [0.15, 0.2) is 0 Å². The second-order valence-corrected chi connectivity index (χ2v) is 4.92. The molecule has 0 aliphatic heterocycles. The Bertz CT molecular complexity index is 194. The topological polar surface area (TPSA) is 47.6 Å². The number of nitrogens with one attached hydrogen (secondary N) is 1. The van der Waals surface area contributed by atoms with Crippen LogP contribution in [0.25, 0.3) is 0 Å². The van der Waals surface area contributed by atoms with Gasteiger partial charge in [-0.2, -0.15) is 0 Å². The van der Waals surface area contributed by atoms with E-state index in [1.165, 1.54) is 0 Å². The van der Waals surface area contributed by atoms with E-state index in [0.29, 0.717) is 0 Å². The second-order valence-electron chi connectivity index (χ2n) is 4.92. The highest BCUT2D eigenvalue weighted by Gasteiger charge is 2.28. The van der Waals surface area contributed by atoms with Crippen LogP contribution in [0.4, 0.5) is 0 Å². The molecule has 1 N–H and O–H groups in total. The van der Waals surface area contributed by atoms with Crippen LogP contribution in [0.2, 0.25) is 0 Å². The van der Waals surface area contributed by atoms with Gasteiger partial charge in [0, 0.05) is 0 Å². The van der Waals surface area contributed by atoms with Gasteiger partial charge in [0.15, 0.2) is 0 Å². The average Bonchev–Trinajstić information content (AvgIpc) is 2.02. The van der Waals surface area contributed by atoms with Gasteiger partial charge in [0.2, 0.25) is 0 Å². The Morgan fingerprint density at radius 2 is 1.71 bits per heavy atom. The summed E-state index contributed by atoms with van der Waals surface area (Å²) in [4.78, 5) is 21.2. The zero-order chi connectivity index (χ0) is 11.4. The fourth-order valence-electron chi connectivity index (χ4n) is 0.466. The van der Waals surface area contributed by atoms with E-state index in [1.807, 2.05) is 41.5 Å². The first-order valence-electron chi connectivity index (χ1n) is 4.83. The molecule has 0 fully saturated rings. The van der Waals surface area contributed by atoms with Gasteiger partial charge >= 0.3 is 5.97 Å². The van der Waals surface area contributed by atoms with Gasteiger partial charge in [0.1, 0.15) is 0 Å². The summed E-state index contributed by atoms with van der Waals surface area (Å²) in [6.07, 6.45) is 0.725. The molecule has 0 spiro atoms. The Kier molecular flexibility index (Phi) is 4.55. The number of rotatable bonds is 4. The van der Waals surface area contributed by atoms with Gasteiger partial charge in [-0.3, -0.25) is 4.84 Å². The molecule has 0 saturated carbocycles. The van der Waals surface area contributed by atoms with Gasteiger partial charge in [-0.15, -0.1) is 0 Å². The summed E-state index contributed by atoms with van der Waals surface area (Å²) in [6, 6.07) is 0. The van der Waals surface area contributed by atoms with Crippen LogP contribution in [0.3, 0.4) is 0 Å². The van der Waals surface area contributed by atoms with Crippen molar-refractivity contribution < 1.29 is 14.5 Å². The Balaban J connectivity index is 3.87. The molecule has 0 atom stereocenters. The van der Waals surface area contributed by atoms with Crippen LogP contribution >= 0.6 is 0 Å². The molecule has 0 aliphatic rings. The lowest BCUT2D eigenvalue weighted by atomic mass is 9.91. The van der Waals surface area contributed by atoms with Crippen LogP contribution in [0, 0.1) is 5.41 Å². The van der Waals surface area contributed by atoms with Crippen molar-refractivity contribution in [2.75, 3.05) is 0 Å². The molecule has 0 aliphatic carbocycles. The maximum absolute atomic E-state index is 11.4. The Labute approximate surface area is 85.9 Å². The van der Waals surface area contributed by atoms with E-state index in [0.717, 1.165) is 6.42 Å². The lowest BCUT2D eigenvalue weighted by Gasteiger charge is -2.22. The summed E-state index contributed by atoms with van der Waals surface area (Å²) in [5, 5.41) is 0. The number of hydrogen-bond donors (Lipinski definition) is 1. The largest absolute Gasteiger partial charge is 0.345 e. The van der Waals surface area contributed by atoms with Crippen molar-refractivity contribution >= 4 is 5.97 Å². The molecule has 0 unspecified atom stereocenters. The Hall–Kier alpha value is -0.610. The lowest BCUT2D eigenvalue weighted by Crippen LogP contribution is -2.35. The highest BCUT2D eigenvalue weighted by Crippen LogP contribution is 2.20. The number of carbonyl (C=O) groups is 1. The molecule has 0 heterocycles. The highest BCUT2D eigenvalue weighted by atomic mass is 16.9. The van der Waals surface area contributed by atoms with Crippen LogP contribution < -0.4 is 5.64 Å². The van der Waals surface area contributed by atoms with Crippen molar-refractivity contribution in [3.63, 3.8) is 0 Å². The molecule has 14 heavy (non-hydrogen) atoms. The first-order chi connectivity index (χ1) is 6.19.